The van der Waals surface area contributed by atoms with Gasteiger partial charge in [-0.05, 0) is 43.4 Å². The summed E-state index contributed by atoms with van der Waals surface area (Å²) in [5.41, 5.74) is -0.485. The summed E-state index contributed by atoms with van der Waals surface area (Å²) in [5, 5.41) is 4.11. The zero-order valence-electron chi connectivity index (χ0n) is 11.0. The minimum absolute atomic E-state index is 0.0108. The second-order valence-corrected chi connectivity index (χ2v) is 5.25. The highest BCUT2D eigenvalue weighted by molar-refractivity contribution is 6.31. The Morgan fingerprint density at radius 2 is 2.10 bits per heavy atom. The Bertz CT molecular complexity index is 510. The predicted octanol–water partition coefficient (Wildman–Crippen LogP) is 4.90. The van der Waals surface area contributed by atoms with Gasteiger partial charge >= 0.3 is 6.18 Å². The number of benzene rings is 1. The third kappa shape index (κ3) is 3.88. The second kappa shape index (κ2) is 6.04. The molecule has 0 N–H and O–H groups in total. The van der Waals surface area contributed by atoms with Crippen LogP contribution >= 0.6 is 11.6 Å². The number of hydrogen-bond acceptors (Lipinski definition) is 2. The van der Waals surface area contributed by atoms with Crippen molar-refractivity contribution in [1.82, 2.24) is 0 Å². The van der Waals surface area contributed by atoms with Crippen molar-refractivity contribution in [3.05, 3.63) is 34.3 Å². The molecule has 0 aromatic heterocycles. The van der Waals surface area contributed by atoms with E-state index in [-0.39, 0.29) is 16.3 Å². The molecule has 2 rings (SSSR count). The first-order chi connectivity index (χ1) is 9.41. The zero-order valence-corrected chi connectivity index (χ0v) is 11.8. The van der Waals surface area contributed by atoms with Crippen LogP contribution in [0.15, 0.2) is 23.4 Å². The number of hydrogen-bond donors (Lipinski definition) is 0. The van der Waals surface area contributed by atoms with Crippen molar-refractivity contribution in [3.8, 4) is 0 Å². The average Bonchev–Trinajstić information content (AvgIpc) is 3.17. The Morgan fingerprint density at radius 1 is 1.40 bits per heavy atom. The second-order valence-electron chi connectivity index (χ2n) is 4.82. The van der Waals surface area contributed by atoms with Gasteiger partial charge in [-0.3, -0.25) is 0 Å². The van der Waals surface area contributed by atoms with E-state index in [9.17, 15) is 13.2 Å². The number of halogens is 4. The third-order valence-electron chi connectivity index (χ3n) is 3.11. The SMILES string of the molecule is CC/C(=N\OCC1CC1)c1cc(Cl)ccc1C(F)(F)F. The van der Waals surface area contributed by atoms with Gasteiger partial charge in [0.1, 0.15) is 6.61 Å². The molecule has 0 radical (unpaired) electrons. The summed E-state index contributed by atoms with van der Waals surface area (Å²) in [4.78, 5) is 5.15. The summed E-state index contributed by atoms with van der Waals surface area (Å²) in [6.45, 7) is 2.20. The lowest BCUT2D eigenvalue weighted by molar-refractivity contribution is -0.137. The van der Waals surface area contributed by atoms with Gasteiger partial charge in [-0.2, -0.15) is 13.2 Å². The van der Waals surface area contributed by atoms with Crippen LogP contribution in [0, 0.1) is 5.92 Å². The standard InChI is InChI=1S/C14H15ClF3NO/c1-2-13(19-20-8-9-3-4-9)11-7-10(15)5-6-12(11)14(16,17)18/h5-7,9H,2-4,8H2,1H3/b19-13+. The van der Waals surface area contributed by atoms with Gasteiger partial charge in [-0.15, -0.1) is 0 Å². The molecule has 1 fully saturated rings. The van der Waals surface area contributed by atoms with Crippen molar-refractivity contribution < 1.29 is 18.0 Å². The Labute approximate surface area is 120 Å². The lowest BCUT2D eigenvalue weighted by Gasteiger charge is -2.14. The molecule has 1 saturated carbocycles. The van der Waals surface area contributed by atoms with Gasteiger partial charge in [0.05, 0.1) is 11.3 Å². The molecule has 0 aliphatic heterocycles. The summed E-state index contributed by atoms with van der Waals surface area (Å²) >= 11 is 5.80. The molecule has 0 amide bonds. The Morgan fingerprint density at radius 3 is 2.65 bits per heavy atom. The highest BCUT2D eigenvalue weighted by Crippen LogP contribution is 2.34. The Kier molecular flexibility index (Phi) is 4.58. The molecule has 1 aromatic rings. The van der Waals surface area contributed by atoms with Crippen LogP contribution in [0.3, 0.4) is 0 Å². The van der Waals surface area contributed by atoms with Crippen molar-refractivity contribution in [3.63, 3.8) is 0 Å². The van der Waals surface area contributed by atoms with Crippen LogP contribution in [0.1, 0.15) is 37.3 Å². The van der Waals surface area contributed by atoms with Crippen molar-refractivity contribution in [2.24, 2.45) is 11.1 Å². The molecule has 0 bridgehead atoms. The van der Waals surface area contributed by atoms with Crippen LogP contribution in [0.4, 0.5) is 13.2 Å². The van der Waals surface area contributed by atoms with Crippen LogP contribution < -0.4 is 0 Å². The summed E-state index contributed by atoms with van der Waals surface area (Å²) in [5.74, 6) is 0.498. The summed E-state index contributed by atoms with van der Waals surface area (Å²) in [7, 11) is 0. The lowest BCUT2D eigenvalue weighted by Crippen LogP contribution is -2.13. The number of oxime groups is 1. The van der Waals surface area contributed by atoms with Gasteiger partial charge in [0.15, 0.2) is 0 Å². The van der Waals surface area contributed by atoms with E-state index in [4.69, 9.17) is 16.4 Å². The first-order valence-corrected chi connectivity index (χ1v) is 6.85. The molecular weight excluding hydrogens is 291 g/mol. The smallest absolute Gasteiger partial charge is 0.395 e. The van der Waals surface area contributed by atoms with Gasteiger partial charge in [0, 0.05) is 10.6 Å². The van der Waals surface area contributed by atoms with Gasteiger partial charge in [-0.1, -0.05) is 23.7 Å². The summed E-state index contributed by atoms with van der Waals surface area (Å²) < 4.78 is 39.0. The molecule has 0 saturated heterocycles. The molecular formula is C14H15ClF3NO. The van der Waals surface area contributed by atoms with E-state index in [1.807, 2.05) is 0 Å². The van der Waals surface area contributed by atoms with Gasteiger partial charge in [0.2, 0.25) is 0 Å². The van der Waals surface area contributed by atoms with Gasteiger partial charge in [0.25, 0.3) is 0 Å². The van der Waals surface area contributed by atoms with E-state index < -0.39 is 11.7 Å². The monoisotopic (exact) mass is 305 g/mol. The quantitative estimate of drug-likeness (QED) is 0.560. The molecule has 0 atom stereocenters. The van der Waals surface area contributed by atoms with Crippen molar-refractivity contribution >= 4 is 17.3 Å². The highest BCUT2D eigenvalue weighted by Gasteiger charge is 2.34. The highest BCUT2D eigenvalue weighted by atomic mass is 35.5. The molecule has 1 aliphatic rings. The molecule has 20 heavy (non-hydrogen) atoms. The fraction of sp³-hybridized carbons (Fsp3) is 0.500. The number of alkyl halides is 3. The van der Waals surface area contributed by atoms with Crippen LogP contribution in [-0.4, -0.2) is 12.3 Å². The van der Waals surface area contributed by atoms with E-state index >= 15 is 0 Å². The van der Waals surface area contributed by atoms with E-state index in [0.717, 1.165) is 18.9 Å². The molecule has 1 aromatic carbocycles. The predicted molar refractivity (Wildman–Crippen MR) is 72.0 cm³/mol. The summed E-state index contributed by atoms with van der Waals surface area (Å²) in [6, 6.07) is 3.49. The largest absolute Gasteiger partial charge is 0.417 e. The first-order valence-electron chi connectivity index (χ1n) is 6.47. The maximum Gasteiger partial charge on any atom is 0.417 e. The minimum Gasteiger partial charge on any atom is -0.395 e. The van der Waals surface area contributed by atoms with Gasteiger partial charge < -0.3 is 4.84 Å². The van der Waals surface area contributed by atoms with Crippen LogP contribution in [0.2, 0.25) is 5.02 Å². The molecule has 6 heteroatoms. The van der Waals surface area contributed by atoms with Gasteiger partial charge in [-0.25, -0.2) is 0 Å². The maximum absolute atomic E-state index is 13.0. The Hall–Kier alpha value is -1.23. The summed E-state index contributed by atoms with van der Waals surface area (Å²) in [6.07, 6.45) is -1.90. The maximum atomic E-state index is 13.0. The fourth-order valence-corrected chi connectivity index (χ4v) is 1.98. The molecule has 0 spiro atoms. The molecule has 110 valence electrons. The zero-order chi connectivity index (χ0) is 14.8. The average molecular weight is 306 g/mol. The van der Waals surface area contributed by atoms with Crippen LogP contribution in [-0.2, 0) is 11.0 Å². The lowest BCUT2D eigenvalue weighted by atomic mass is 10.0. The van der Waals surface area contributed by atoms with Crippen LogP contribution in [0.25, 0.3) is 0 Å². The van der Waals surface area contributed by atoms with Crippen molar-refractivity contribution in [1.29, 1.82) is 0 Å². The number of nitrogens with zero attached hydrogens (tertiary/aromatic N) is 1. The number of rotatable bonds is 5. The third-order valence-corrected chi connectivity index (χ3v) is 3.35. The topological polar surface area (TPSA) is 21.6 Å². The van der Waals surface area contributed by atoms with Crippen molar-refractivity contribution in [2.45, 2.75) is 32.4 Å². The molecule has 1 aliphatic carbocycles. The van der Waals surface area contributed by atoms with E-state index in [0.29, 0.717) is 18.9 Å². The van der Waals surface area contributed by atoms with Crippen LogP contribution in [0.5, 0.6) is 0 Å². The fourth-order valence-electron chi connectivity index (χ4n) is 1.81. The minimum atomic E-state index is -4.44. The molecule has 0 unspecified atom stereocenters. The van der Waals surface area contributed by atoms with E-state index in [1.165, 1.54) is 12.1 Å². The van der Waals surface area contributed by atoms with E-state index in [2.05, 4.69) is 5.16 Å². The molecule has 2 nitrogen and oxygen atoms in total. The van der Waals surface area contributed by atoms with Crippen molar-refractivity contribution in [2.75, 3.05) is 6.61 Å². The van der Waals surface area contributed by atoms with E-state index in [1.54, 1.807) is 6.92 Å². The Balaban J connectivity index is 2.28. The normalized spacial score (nSPS) is 16.4. The molecule has 0 heterocycles. The first kappa shape index (κ1) is 15.2.